The van der Waals surface area contributed by atoms with Crippen molar-refractivity contribution in [1.82, 2.24) is 9.97 Å². The summed E-state index contributed by atoms with van der Waals surface area (Å²) in [6, 6.07) is 15.8. The summed E-state index contributed by atoms with van der Waals surface area (Å²) in [5.41, 5.74) is 4.55. The lowest BCUT2D eigenvalue weighted by molar-refractivity contribution is 0.453. The summed E-state index contributed by atoms with van der Waals surface area (Å²) in [5.74, 6) is 2.13. The van der Waals surface area contributed by atoms with E-state index in [9.17, 15) is 0 Å². The minimum atomic E-state index is 0.577. The Morgan fingerprint density at radius 1 is 1.00 bits per heavy atom. The standard InChI is InChI=1S/C21H21ClN2OS/c1-4-18-12-20(25-19-9-8-14(2)15(3)10-19)24-21(23-18)26-13-16-6-5-7-17(22)11-16/h5-12H,4,13H2,1-3H3. The topological polar surface area (TPSA) is 35.0 Å². The van der Waals surface area contributed by atoms with Crippen molar-refractivity contribution in [2.75, 3.05) is 0 Å². The molecule has 0 fully saturated rings. The Kier molecular flexibility index (Phi) is 6.17. The molecule has 0 aliphatic heterocycles. The average Bonchev–Trinajstić information content (AvgIpc) is 2.63. The Labute approximate surface area is 163 Å². The van der Waals surface area contributed by atoms with E-state index in [4.69, 9.17) is 16.3 Å². The smallest absolute Gasteiger partial charge is 0.223 e. The Hall–Kier alpha value is -2.04. The number of hydrogen-bond donors (Lipinski definition) is 0. The van der Waals surface area contributed by atoms with Crippen molar-refractivity contribution in [3.05, 3.63) is 75.9 Å². The Morgan fingerprint density at radius 3 is 2.58 bits per heavy atom. The van der Waals surface area contributed by atoms with Crippen molar-refractivity contribution in [2.24, 2.45) is 0 Å². The van der Waals surface area contributed by atoms with Crippen LogP contribution in [0.2, 0.25) is 5.02 Å². The quantitative estimate of drug-likeness (QED) is 0.364. The molecule has 0 amide bonds. The van der Waals surface area contributed by atoms with E-state index < -0.39 is 0 Å². The van der Waals surface area contributed by atoms with E-state index in [0.29, 0.717) is 11.0 Å². The van der Waals surface area contributed by atoms with Crippen molar-refractivity contribution in [2.45, 2.75) is 38.1 Å². The molecule has 26 heavy (non-hydrogen) atoms. The Bertz CT molecular complexity index is 914. The van der Waals surface area contributed by atoms with E-state index in [0.717, 1.165) is 34.2 Å². The van der Waals surface area contributed by atoms with Gasteiger partial charge in [-0.2, -0.15) is 4.98 Å². The van der Waals surface area contributed by atoms with E-state index in [-0.39, 0.29) is 0 Å². The molecule has 0 saturated carbocycles. The number of nitrogens with zero attached hydrogens (tertiary/aromatic N) is 2. The molecule has 0 bridgehead atoms. The maximum Gasteiger partial charge on any atom is 0.223 e. The lowest BCUT2D eigenvalue weighted by Crippen LogP contribution is -1.97. The zero-order chi connectivity index (χ0) is 18.5. The molecule has 5 heteroatoms. The molecule has 3 nitrogen and oxygen atoms in total. The third kappa shape index (κ3) is 4.99. The van der Waals surface area contributed by atoms with Crippen LogP contribution < -0.4 is 4.74 Å². The van der Waals surface area contributed by atoms with Gasteiger partial charge in [-0.15, -0.1) is 0 Å². The molecule has 0 spiro atoms. The SMILES string of the molecule is CCc1cc(Oc2ccc(C)c(C)c2)nc(SCc2cccc(Cl)c2)n1. The van der Waals surface area contributed by atoms with Gasteiger partial charge in [-0.05, 0) is 61.2 Å². The van der Waals surface area contributed by atoms with Crippen LogP contribution in [0.25, 0.3) is 0 Å². The van der Waals surface area contributed by atoms with Gasteiger partial charge >= 0.3 is 0 Å². The van der Waals surface area contributed by atoms with E-state index in [2.05, 4.69) is 42.9 Å². The number of aryl methyl sites for hydroxylation is 3. The summed E-state index contributed by atoms with van der Waals surface area (Å²) in [7, 11) is 0. The molecular formula is C21H21ClN2OS. The fourth-order valence-electron chi connectivity index (χ4n) is 2.42. The van der Waals surface area contributed by atoms with Crippen LogP contribution in [0.1, 0.15) is 29.3 Å². The molecule has 1 heterocycles. The Balaban J connectivity index is 1.78. The first-order valence-electron chi connectivity index (χ1n) is 8.54. The van der Waals surface area contributed by atoms with Crippen LogP contribution in [0.5, 0.6) is 11.6 Å². The molecule has 0 aliphatic carbocycles. The van der Waals surface area contributed by atoms with Crippen molar-refractivity contribution >= 4 is 23.4 Å². The molecule has 134 valence electrons. The van der Waals surface area contributed by atoms with Crippen molar-refractivity contribution in [1.29, 1.82) is 0 Å². The maximum atomic E-state index is 6.05. The number of benzene rings is 2. The van der Waals surface area contributed by atoms with Crippen LogP contribution >= 0.6 is 23.4 Å². The number of halogens is 1. The summed E-state index contributed by atoms with van der Waals surface area (Å²) < 4.78 is 5.98. The summed E-state index contributed by atoms with van der Waals surface area (Å²) in [5, 5.41) is 1.45. The normalized spacial score (nSPS) is 10.8. The second-order valence-corrected chi connectivity index (χ2v) is 7.48. The van der Waals surface area contributed by atoms with Crippen LogP contribution in [0.15, 0.2) is 53.7 Å². The second-order valence-electron chi connectivity index (χ2n) is 6.10. The Morgan fingerprint density at radius 2 is 1.85 bits per heavy atom. The zero-order valence-electron chi connectivity index (χ0n) is 15.1. The van der Waals surface area contributed by atoms with E-state index in [1.807, 2.05) is 36.4 Å². The molecule has 0 aliphatic rings. The van der Waals surface area contributed by atoms with Gasteiger partial charge in [-0.1, -0.05) is 48.5 Å². The van der Waals surface area contributed by atoms with Gasteiger partial charge in [0.25, 0.3) is 0 Å². The van der Waals surface area contributed by atoms with Crippen molar-refractivity contribution < 1.29 is 4.74 Å². The highest BCUT2D eigenvalue weighted by atomic mass is 35.5. The number of rotatable bonds is 6. The van der Waals surface area contributed by atoms with Crippen LogP contribution in [-0.4, -0.2) is 9.97 Å². The maximum absolute atomic E-state index is 6.05. The third-order valence-electron chi connectivity index (χ3n) is 4.06. The molecule has 2 aromatic carbocycles. The van der Waals surface area contributed by atoms with Gasteiger partial charge in [0, 0.05) is 22.5 Å². The lowest BCUT2D eigenvalue weighted by atomic mass is 10.1. The fourth-order valence-corrected chi connectivity index (χ4v) is 3.44. The highest BCUT2D eigenvalue weighted by Crippen LogP contribution is 2.27. The molecule has 0 saturated heterocycles. The largest absolute Gasteiger partial charge is 0.439 e. The molecule has 3 rings (SSSR count). The van der Waals surface area contributed by atoms with Gasteiger partial charge in [0.1, 0.15) is 5.75 Å². The number of thioether (sulfide) groups is 1. The van der Waals surface area contributed by atoms with Crippen molar-refractivity contribution in [3.8, 4) is 11.6 Å². The fraction of sp³-hybridized carbons (Fsp3) is 0.238. The lowest BCUT2D eigenvalue weighted by Gasteiger charge is -2.10. The van der Waals surface area contributed by atoms with Gasteiger partial charge < -0.3 is 4.74 Å². The summed E-state index contributed by atoms with van der Waals surface area (Å²) in [4.78, 5) is 9.16. The van der Waals surface area contributed by atoms with Gasteiger partial charge in [-0.3, -0.25) is 0 Å². The molecule has 0 N–H and O–H groups in total. The molecule has 3 aromatic rings. The second kappa shape index (κ2) is 8.56. The highest BCUT2D eigenvalue weighted by Gasteiger charge is 2.08. The third-order valence-corrected chi connectivity index (χ3v) is 5.21. The first-order chi connectivity index (χ1) is 12.5. The first kappa shape index (κ1) is 18.7. The predicted molar refractivity (Wildman–Crippen MR) is 108 cm³/mol. The van der Waals surface area contributed by atoms with Gasteiger partial charge in [0.05, 0.1) is 0 Å². The summed E-state index contributed by atoms with van der Waals surface area (Å²) in [6.07, 6.45) is 0.830. The molecule has 0 radical (unpaired) electrons. The van der Waals surface area contributed by atoms with Gasteiger partial charge in [0.15, 0.2) is 5.16 Å². The minimum Gasteiger partial charge on any atom is -0.439 e. The number of aromatic nitrogens is 2. The zero-order valence-corrected chi connectivity index (χ0v) is 16.7. The number of ether oxygens (including phenoxy) is 1. The molecule has 1 aromatic heterocycles. The first-order valence-corrected chi connectivity index (χ1v) is 9.90. The summed E-state index contributed by atoms with van der Waals surface area (Å²) >= 11 is 7.63. The average molecular weight is 385 g/mol. The van der Waals surface area contributed by atoms with Gasteiger partial charge in [-0.25, -0.2) is 4.98 Å². The van der Waals surface area contributed by atoms with E-state index in [1.54, 1.807) is 11.8 Å². The highest BCUT2D eigenvalue weighted by molar-refractivity contribution is 7.98. The molecule has 0 unspecified atom stereocenters. The van der Waals surface area contributed by atoms with Crippen LogP contribution in [0.3, 0.4) is 0 Å². The summed E-state index contributed by atoms with van der Waals surface area (Å²) in [6.45, 7) is 6.24. The van der Waals surface area contributed by atoms with E-state index >= 15 is 0 Å². The minimum absolute atomic E-state index is 0.577. The predicted octanol–water partition coefficient (Wildman–Crippen LogP) is 6.39. The van der Waals surface area contributed by atoms with Crippen LogP contribution in [0.4, 0.5) is 0 Å². The van der Waals surface area contributed by atoms with Crippen molar-refractivity contribution in [3.63, 3.8) is 0 Å². The molecular weight excluding hydrogens is 364 g/mol. The monoisotopic (exact) mass is 384 g/mol. The van der Waals surface area contributed by atoms with Gasteiger partial charge in [0.2, 0.25) is 5.88 Å². The molecule has 0 atom stereocenters. The number of hydrogen-bond acceptors (Lipinski definition) is 4. The van der Waals surface area contributed by atoms with E-state index in [1.165, 1.54) is 11.1 Å². The van der Waals surface area contributed by atoms with Crippen LogP contribution in [0, 0.1) is 13.8 Å². The van der Waals surface area contributed by atoms with Crippen LogP contribution in [-0.2, 0) is 12.2 Å².